The van der Waals surface area contributed by atoms with E-state index >= 15 is 0 Å². The van der Waals surface area contributed by atoms with Gasteiger partial charge in [-0.3, -0.25) is 14.0 Å². The molecule has 1 atom stereocenters. The third kappa shape index (κ3) is 2.36. The van der Waals surface area contributed by atoms with Crippen molar-refractivity contribution < 1.29 is 4.79 Å². The molecule has 1 N–H and O–H groups in total. The lowest BCUT2D eigenvalue weighted by Crippen LogP contribution is -2.43. The number of nitrogens with zero attached hydrogens (tertiary/aromatic N) is 5. The summed E-state index contributed by atoms with van der Waals surface area (Å²) in [7, 11) is 0. The SMILES string of the molecule is Cc1nnc2n1C[C@H](NC(=O)c1cnc3ccccn3c1=O)CC2. The molecule has 4 rings (SSSR count). The zero-order chi connectivity index (χ0) is 16.7. The van der Waals surface area contributed by atoms with Gasteiger partial charge in [0.15, 0.2) is 0 Å². The van der Waals surface area contributed by atoms with Crippen LogP contribution in [0.25, 0.3) is 5.65 Å². The number of hydrogen-bond donors (Lipinski definition) is 1. The Morgan fingerprint density at radius 3 is 3.08 bits per heavy atom. The highest BCUT2D eigenvalue weighted by Crippen LogP contribution is 2.14. The summed E-state index contributed by atoms with van der Waals surface area (Å²) in [5.41, 5.74) is 0.196. The zero-order valence-corrected chi connectivity index (χ0v) is 13.1. The van der Waals surface area contributed by atoms with Crippen LogP contribution in [-0.2, 0) is 13.0 Å². The van der Waals surface area contributed by atoms with Crippen LogP contribution >= 0.6 is 0 Å². The van der Waals surface area contributed by atoms with Gasteiger partial charge in [-0.15, -0.1) is 10.2 Å². The number of pyridine rings is 1. The zero-order valence-electron chi connectivity index (χ0n) is 13.1. The van der Waals surface area contributed by atoms with Crippen LogP contribution < -0.4 is 10.9 Å². The molecule has 1 aliphatic heterocycles. The summed E-state index contributed by atoms with van der Waals surface area (Å²) in [4.78, 5) is 29.1. The molecule has 0 radical (unpaired) electrons. The maximum absolute atomic E-state index is 12.5. The van der Waals surface area contributed by atoms with E-state index in [1.54, 1.807) is 24.4 Å². The van der Waals surface area contributed by atoms with Crippen molar-refractivity contribution in [1.82, 2.24) is 29.5 Å². The van der Waals surface area contributed by atoms with Gasteiger partial charge in [0.2, 0.25) is 0 Å². The second kappa shape index (κ2) is 5.55. The molecule has 0 saturated heterocycles. The smallest absolute Gasteiger partial charge is 0.270 e. The van der Waals surface area contributed by atoms with E-state index < -0.39 is 5.91 Å². The Kier molecular flexibility index (Phi) is 3.37. The number of fused-ring (bicyclic) bond motifs is 2. The molecule has 8 nitrogen and oxygen atoms in total. The standard InChI is InChI=1S/C16H16N6O2/c1-10-19-20-14-6-5-11(9-22(10)14)18-15(23)12-8-17-13-4-2-3-7-21(13)16(12)24/h2-4,7-8,11H,5-6,9H2,1H3,(H,18,23)/t11-/m1/s1. The van der Waals surface area contributed by atoms with Gasteiger partial charge >= 0.3 is 0 Å². The van der Waals surface area contributed by atoms with Crippen molar-refractivity contribution in [2.45, 2.75) is 32.4 Å². The topological polar surface area (TPSA) is 94.2 Å². The highest BCUT2D eigenvalue weighted by molar-refractivity contribution is 5.93. The van der Waals surface area contributed by atoms with Crippen LogP contribution in [0.3, 0.4) is 0 Å². The van der Waals surface area contributed by atoms with E-state index in [-0.39, 0.29) is 17.2 Å². The van der Waals surface area contributed by atoms with Gasteiger partial charge in [-0.1, -0.05) is 6.07 Å². The lowest BCUT2D eigenvalue weighted by Gasteiger charge is -2.24. The van der Waals surface area contributed by atoms with Gasteiger partial charge in [-0.05, 0) is 25.5 Å². The molecular formula is C16H16N6O2. The Morgan fingerprint density at radius 2 is 2.21 bits per heavy atom. The first-order valence-corrected chi connectivity index (χ1v) is 7.79. The molecule has 8 heteroatoms. The Bertz CT molecular complexity index is 990. The van der Waals surface area contributed by atoms with Crippen LogP contribution in [0.2, 0.25) is 0 Å². The number of aromatic nitrogens is 5. The van der Waals surface area contributed by atoms with Gasteiger partial charge in [0.05, 0.1) is 0 Å². The maximum atomic E-state index is 12.5. The number of carbonyl (C=O) groups excluding carboxylic acids is 1. The lowest BCUT2D eigenvalue weighted by atomic mass is 10.1. The van der Waals surface area contributed by atoms with Crippen molar-refractivity contribution in [3.8, 4) is 0 Å². The summed E-state index contributed by atoms with van der Waals surface area (Å²) in [6.07, 6.45) is 4.47. The third-order valence-electron chi connectivity index (χ3n) is 4.33. The van der Waals surface area contributed by atoms with Crippen LogP contribution in [-0.4, -0.2) is 36.1 Å². The van der Waals surface area contributed by atoms with Crippen LogP contribution in [0.15, 0.2) is 35.4 Å². The Balaban J connectivity index is 1.58. The van der Waals surface area contributed by atoms with Gasteiger partial charge in [-0.25, -0.2) is 4.98 Å². The summed E-state index contributed by atoms with van der Waals surface area (Å²) < 4.78 is 3.37. The molecule has 0 bridgehead atoms. The molecule has 0 fully saturated rings. The average molecular weight is 324 g/mol. The molecule has 0 aliphatic carbocycles. The first-order valence-electron chi connectivity index (χ1n) is 7.79. The first kappa shape index (κ1) is 14.6. The fourth-order valence-electron chi connectivity index (χ4n) is 3.03. The van der Waals surface area contributed by atoms with E-state index in [0.717, 1.165) is 24.5 Å². The number of hydrogen-bond acceptors (Lipinski definition) is 5. The molecule has 1 amide bonds. The minimum atomic E-state index is -0.398. The third-order valence-corrected chi connectivity index (χ3v) is 4.33. The number of rotatable bonds is 2. The Morgan fingerprint density at radius 1 is 1.33 bits per heavy atom. The molecular weight excluding hydrogens is 308 g/mol. The summed E-state index contributed by atoms with van der Waals surface area (Å²) in [5, 5.41) is 11.1. The number of amides is 1. The molecule has 4 heterocycles. The molecule has 122 valence electrons. The van der Waals surface area contributed by atoms with E-state index in [4.69, 9.17) is 0 Å². The van der Waals surface area contributed by atoms with Crippen LogP contribution in [0.4, 0.5) is 0 Å². The summed E-state index contributed by atoms with van der Waals surface area (Å²) in [5.74, 6) is 1.37. The summed E-state index contributed by atoms with van der Waals surface area (Å²) >= 11 is 0. The molecule has 3 aromatic heterocycles. The van der Waals surface area contributed by atoms with E-state index in [1.807, 2.05) is 11.5 Å². The molecule has 0 spiro atoms. The maximum Gasteiger partial charge on any atom is 0.270 e. The predicted octanol–water partition coefficient (Wildman–Crippen LogP) is 0.339. The molecule has 0 saturated carbocycles. The minimum Gasteiger partial charge on any atom is -0.347 e. The molecule has 3 aromatic rings. The van der Waals surface area contributed by atoms with Crippen molar-refractivity contribution in [2.75, 3.05) is 0 Å². The largest absolute Gasteiger partial charge is 0.347 e. The minimum absolute atomic E-state index is 0.0463. The predicted molar refractivity (Wildman–Crippen MR) is 85.8 cm³/mol. The van der Waals surface area contributed by atoms with E-state index in [2.05, 4.69) is 20.5 Å². The van der Waals surface area contributed by atoms with Crippen molar-refractivity contribution in [3.05, 3.63) is 58.2 Å². The second-order valence-electron chi connectivity index (χ2n) is 5.89. The van der Waals surface area contributed by atoms with Crippen molar-refractivity contribution >= 4 is 11.6 Å². The van der Waals surface area contributed by atoms with Gasteiger partial charge in [-0.2, -0.15) is 0 Å². The van der Waals surface area contributed by atoms with E-state index in [1.165, 1.54) is 10.6 Å². The van der Waals surface area contributed by atoms with Gasteiger partial charge in [0.1, 0.15) is 22.9 Å². The highest BCUT2D eigenvalue weighted by Gasteiger charge is 2.24. The lowest BCUT2D eigenvalue weighted by molar-refractivity contribution is 0.0925. The quantitative estimate of drug-likeness (QED) is 0.733. The van der Waals surface area contributed by atoms with Crippen molar-refractivity contribution in [1.29, 1.82) is 0 Å². The molecule has 1 aliphatic rings. The number of nitrogens with one attached hydrogen (secondary N) is 1. The molecule has 0 unspecified atom stereocenters. The Hall–Kier alpha value is -3.03. The van der Waals surface area contributed by atoms with Gasteiger partial charge in [0.25, 0.3) is 11.5 Å². The van der Waals surface area contributed by atoms with Crippen molar-refractivity contribution in [3.63, 3.8) is 0 Å². The normalized spacial score (nSPS) is 16.8. The van der Waals surface area contributed by atoms with Crippen molar-refractivity contribution in [2.24, 2.45) is 0 Å². The van der Waals surface area contributed by atoms with E-state index in [9.17, 15) is 9.59 Å². The molecule has 24 heavy (non-hydrogen) atoms. The average Bonchev–Trinajstić information content (AvgIpc) is 2.96. The summed E-state index contributed by atoms with van der Waals surface area (Å²) in [6.45, 7) is 2.50. The van der Waals surface area contributed by atoms with E-state index in [0.29, 0.717) is 12.2 Å². The fourth-order valence-corrected chi connectivity index (χ4v) is 3.03. The van der Waals surface area contributed by atoms with Gasteiger partial charge in [0, 0.05) is 31.4 Å². The van der Waals surface area contributed by atoms with Crippen LogP contribution in [0.1, 0.15) is 28.4 Å². The van der Waals surface area contributed by atoms with Crippen LogP contribution in [0.5, 0.6) is 0 Å². The Labute approximate surface area is 137 Å². The monoisotopic (exact) mass is 324 g/mol. The number of carbonyl (C=O) groups is 1. The second-order valence-corrected chi connectivity index (χ2v) is 5.89. The van der Waals surface area contributed by atoms with Crippen LogP contribution in [0, 0.1) is 6.92 Å². The first-order chi connectivity index (χ1) is 11.6. The van der Waals surface area contributed by atoms with Gasteiger partial charge < -0.3 is 9.88 Å². The number of aryl methyl sites for hydroxylation is 2. The fraction of sp³-hybridized carbons (Fsp3) is 0.312. The molecule has 0 aromatic carbocycles. The highest BCUT2D eigenvalue weighted by atomic mass is 16.2. The summed E-state index contributed by atoms with van der Waals surface area (Å²) in [6, 6.07) is 5.19.